The molecule has 26 heavy (non-hydrogen) atoms. The van der Waals surface area contributed by atoms with Gasteiger partial charge in [0.1, 0.15) is 5.82 Å². The van der Waals surface area contributed by atoms with Gasteiger partial charge in [0.2, 0.25) is 0 Å². The van der Waals surface area contributed by atoms with Gasteiger partial charge in [-0.2, -0.15) is 0 Å². The van der Waals surface area contributed by atoms with E-state index in [9.17, 15) is 9.18 Å². The molecular weight excluding hydrogens is 448 g/mol. The minimum Gasteiger partial charge on any atom is -0.357 e. The molecule has 0 atom stereocenters. The number of nitrogens with one attached hydrogen (secondary N) is 3. The van der Waals surface area contributed by atoms with Crippen molar-refractivity contribution in [3.8, 4) is 0 Å². The average Bonchev–Trinajstić information content (AvgIpc) is 2.63. The van der Waals surface area contributed by atoms with E-state index in [2.05, 4.69) is 25.9 Å². The van der Waals surface area contributed by atoms with Crippen LogP contribution in [0.2, 0.25) is 0 Å². The van der Waals surface area contributed by atoms with Crippen molar-refractivity contribution in [1.29, 1.82) is 0 Å². The minimum absolute atomic E-state index is 0. The molecule has 1 aromatic carbocycles. The lowest BCUT2D eigenvalue weighted by molar-refractivity contribution is 0.0954. The van der Waals surface area contributed by atoms with Gasteiger partial charge in [0, 0.05) is 32.0 Å². The van der Waals surface area contributed by atoms with Gasteiger partial charge in [-0.05, 0) is 36.8 Å². The van der Waals surface area contributed by atoms with Gasteiger partial charge in [-0.1, -0.05) is 12.1 Å². The number of halogens is 2. The molecule has 6 nitrogen and oxygen atoms in total. The Labute approximate surface area is 169 Å². The first kappa shape index (κ1) is 21.8. The van der Waals surface area contributed by atoms with E-state index >= 15 is 0 Å². The van der Waals surface area contributed by atoms with Crippen LogP contribution in [0.4, 0.5) is 4.39 Å². The number of nitrogens with zero attached hydrogens (tertiary/aromatic N) is 2. The predicted octanol–water partition coefficient (Wildman–Crippen LogP) is 2.32. The van der Waals surface area contributed by atoms with Crippen LogP contribution in [-0.2, 0) is 6.54 Å². The normalized spacial score (nSPS) is 10.6. The Morgan fingerprint density at radius 2 is 1.96 bits per heavy atom. The van der Waals surface area contributed by atoms with E-state index in [0.717, 1.165) is 5.56 Å². The molecule has 3 N–H and O–H groups in total. The molecule has 0 unspecified atom stereocenters. The second-order valence-electron chi connectivity index (χ2n) is 5.25. The third-order valence-corrected chi connectivity index (χ3v) is 3.28. The molecule has 2 rings (SSSR count). The van der Waals surface area contributed by atoms with Crippen molar-refractivity contribution < 1.29 is 9.18 Å². The standard InChI is InChI=1S/C18H22FN5O.HI/c1-2-21-18(24-12-14-5-3-7-16(19)11-14)23-10-9-22-17(25)15-6-4-8-20-13-15;/h3-8,11,13H,2,9-10,12H2,1H3,(H,22,25)(H2,21,23,24);1H. The molecule has 1 heterocycles. The number of amides is 1. The number of aromatic nitrogens is 1. The Bertz CT molecular complexity index is 712. The van der Waals surface area contributed by atoms with Gasteiger partial charge >= 0.3 is 0 Å². The Kier molecular flexibility index (Phi) is 10.2. The van der Waals surface area contributed by atoms with Crippen molar-refractivity contribution in [2.45, 2.75) is 13.5 Å². The number of rotatable bonds is 7. The largest absolute Gasteiger partial charge is 0.357 e. The van der Waals surface area contributed by atoms with Gasteiger partial charge in [-0.15, -0.1) is 24.0 Å². The average molecular weight is 471 g/mol. The van der Waals surface area contributed by atoms with Gasteiger partial charge in [0.15, 0.2) is 5.96 Å². The number of carbonyl (C=O) groups is 1. The fraction of sp³-hybridized carbons (Fsp3) is 0.278. The zero-order valence-electron chi connectivity index (χ0n) is 14.5. The summed E-state index contributed by atoms with van der Waals surface area (Å²) in [6.07, 6.45) is 3.14. The second-order valence-corrected chi connectivity index (χ2v) is 5.25. The molecule has 2 aromatic rings. The molecule has 0 aliphatic heterocycles. The van der Waals surface area contributed by atoms with Gasteiger partial charge in [0.05, 0.1) is 12.1 Å². The molecule has 0 spiro atoms. The van der Waals surface area contributed by atoms with Crippen molar-refractivity contribution in [3.05, 3.63) is 65.7 Å². The first-order valence-electron chi connectivity index (χ1n) is 8.14. The molecule has 0 fully saturated rings. The van der Waals surface area contributed by atoms with E-state index in [1.807, 2.05) is 13.0 Å². The summed E-state index contributed by atoms with van der Waals surface area (Å²) >= 11 is 0. The monoisotopic (exact) mass is 471 g/mol. The topological polar surface area (TPSA) is 78.4 Å². The second kappa shape index (κ2) is 12.2. The van der Waals surface area contributed by atoms with Crippen LogP contribution in [0, 0.1) is 5.82 Å². The first-order chi connectivity index (χ1) is 12.2. The molecule has 0 saturated heterocycles. The molecule has 0 bridgehead atoms. The van der Waals surface area contributed by atoms with E-state index in [1.165, 1.54) is 18.3 Å². The zero-order chi connectivity index (χ0) is 17.9. The Balaban J connectivity index is 0.00000338. The van der Waals surface area contributed by atoms with Gasteiger partial charge < -0.3 is 16.0 Å². The molecule has 1 aromatic heterocycles. The van der Waals surface area contributed by atoms with E-state index in [0.29, 0.717) is 37.7 Å². The van der Waals surface area contributed by atoms with E-state index in [1.54, 1.807) is 24.4 Å². The van der Waals surface area contributed by atoms with Crippen molar-refractivity contribution in [2.75, 3.05) is 19.6 Å². The number of guanidine groups is 1. The summed E-state index contributed by atoms with van der Waals surface area (Å²) in [6, 6.07) is 9.78. The third-order valence-electron chi connectivity index (χ3n) is 3.28. The summed E-state index contributed by atoms with van der Waals surface area (Å²) < 4.78 is 13.2. The Morgan fingerprint density at radius 3 is 2.65 bits per heavy atom. The van der Waals surface area contributed by atoms with Gasteiger partial charge in [0.25, 0.3) is 5.91 Å². The maximum Gasteiger partial charge on any atom is 0.252 e. The van der Waals surface area contributed by atoms with E-state index < -0.39 is 0 Å². The lowest BCUT2D eigenvalue weighted by Crippen LogP contribution is -2.41. The molecule has 0 aliphatic carbocycles. The number of benzene rings is 1. The summed E-state index contributed by atoms with van der Waals surface area (Å²) in [5.74, 6) is 0.169. The Morgan fingerprint density at radius 1 is 1.15 bits per heavy atom. The van der Waals surface area contributed by atoms with Crippen LogP contribution >= 0.6 is 24.0 Å². The lowest BCUT2D eigenvalue weighted by Gasteiger charge is -2.12. The predicted molar refractivity (Wildman–Crippen MR) is 111 cm³/mol. The number of aliphatic imine (C=N–C) groups is 1. The molecule has 0 radical (unpaired) electrons. The smallest absolute Gasteiger partial charge is 0.252 e. The molecule has 0 saturated carbocycles. The first-order valence-corrected chi connectivity index (χ1v) is 8.14. The molecule has 8 heteroatoms. The molecule has 1 amide bonds. The summed E-state index contributed by atoms with van der Waals surface area (Å²) in [5, 5.41) is 9.04. The van der Waals surface area contributed by atoms with Crippen molar-refractivity contribution in [1.82, 2.24) is 20.9 Å². The lowest BCUT2D eigenvalue weighted by atomic mass is 10.2. The highest BCUT2D eigenvalue weighted by molar-refractivity contribution is 14.0. The summed E-state index contributed by atoms with van der Waals surface area (Å²) in [4.78, 5) is 20.2. The van der Waals surface area contributed by atoms with Crippen molar-refractivity contribution >= 4 is 35.8 Å². The minimum atomic E-state index is -0.274. The fourth-order valence-corrected chi connectivity index (χ4v) is 2.10. The number of hydrogen-bond acceptors (Lipinski definition) is 3. The molecule has 140 valence electrons. The number of pyridine rings is 1. The summed E-state index contributed by atoms with van der Waals surface area (Å²) in [5.41, 5.74) is 1.32. The highest BCUT2D eigenvalue weighted by Crippen LogP contribution is 2.04. The summed E-state index contributed by atoms with van der Waals surface area (Å²) in [6.45, 7) is 3.99. The van der Waals surface area contributed by atoms with E-state index in [4.69, 9.17) is 0 Å². The quantitative estimate of drug-likeness (QED) is 0.251. The fourth-order valence-electron chi connectivity index (χ4n) is 2.10. The van der Waals surface area contributed by atoms with Crippen LogP contribution in [0.5, 0.6) is 0 Å². The van der Waals surface area contributed by atoms with Crippen LogP contribution in [0.25, 0.3) is 0 Å². The van der Waals surface area contributed by atoms with E-state index in [-0.39, 0.29) is 35.7 Å². The van der Waals surface area contributed by atoms with Gasteiger partial charge in [-0.25, -0.2) is 9.38 Å². The number of carbonyl (C=O) groups excluding carboxylic acids is 1. The van der Waals surface area contributed by atoms with Crippen LogP contribution in [0.1, 0.15) is 22.8 Å². The number of hydrogen-bond donors (Lipinski definition) is 3. The van der Waals surface area contributed by atoms with Crippen LogP contribution in [0.15, 0.2) is 53.8 Å². The Hall–Kier alpha value is -2.23. The highest BCUT2D eigenvalue weighted by atomic mass is 127. The molecule has 0 aliphatic rings. The van der Waals surface area contributed by atoms with Crippen LogP contribution in [-0.4, -0.2) is 36.5 Å². The van der Waals surface area contributed by atoms with Crippen LogP contribution in [0.3, 0.4) is 0 Å². The van der Waals surface area contributed by atoms with Crippen LogP contribution < -0.4 is 16.0 Å². The highest BCUT2D eigenvalue weighted by Gasteiger charge is 2.04. The zero-order valence-corrected chi connectivity index (χ0v) is 16.9. The molecular formula is C18H23FIN5O. The maximum absolute atomic E-state index is 13.2. The maximum atomic E-state index is 13.2. The SMILES string of the molecule is CCNC(=NCc1cccc(F)c1)NCCNC(=O)c1cccnc1.I. The third kappa shape index (κ3) is 7.77. The van der Waals surface area contributed by atoms with Gasteiger partial charge in [-0.3, -0.25) is 9.78 Å². The van der Waals surface area contributed by atoms with Crippen molar-refractivity contribution in [2.24, 2.45) is 4.99 Å². The van der Waals surface area contributed by atoms with Crippen molar-refractivity contribution in [3.63, 3.8) is 0 Å². The summed E-state index contributed by atoms with van der Waals surface area (Å²) in [7, 11) is 0.